The summed E-state index contributed by atoms with van der Waals surface area (Å²) in [5, 5.41) is 13.5. The number of aryl methyl sites for hydroxylation is 1. The van der Waals surface area contributed by atoms with Crippen molar-refractivity contribution in [2.75, 3.05) is 11.9 Å². The zero-order chi connectivity index (χ0) is 15.6. The van der Waals surface area contributed by atoms with Crippen molar-refractivity contribution in [3.8, 4) is 0 Å². The third-order valence-corrected chi connectivity index (χ3v) is 4.11. The molecule has 0 aliphatic rings. The van der Waals surface area contributed by atoms with E-state index in [1.165, 1.54) is 0 Å². The first-order chi connectivity index (χ1) is 9.88. The number of nitrogens with one attached hydrogen (secondary N) is 1. The van der Waals surface area contributed by atoms with Crippen molar-refractivity contribution in [1.29, 1.82) is 0 Å². The third-order valence-electron chi connectivity index (χ3n) is 3.05. The van der Waals surface area contributed by atoms with Gasteiger partial charge in [-0.2, -0.15) is 0 Å². The van der Waals surface area contributed by atoms with Crippen LogP contribution in [-0.4, -0.2) is 11.7 Å². The van der Waals surface area contributed by atoms with Gasteiger partial charge in [0, 0.05) is 21.6 Å². The molecular weight excluding hydrogens is 364 g/mol. The summed E-state index contributed by atoms with van der Waals surface area (Å²) < 4.78 is 27.4. The van der Waals surface area contributed by atoms with Gasteiger partial charge in [0.05, 0.1) is 11.8 Å². The molecule has 0 aliphatic heterocycles. The molecule has 2 N–H and O–H groups in total. The van der Waals surface area contributed by atoms with Crippen LogP contribution in [0.15, 0.2) is 34.8 Å². The number of benzene rings is 2. The molecule has 0 amide bonds. The van der Waals surface area contributed by atoms with E-state index in [0.29, 0.717) is 10.7 Å². The van der Waals surface area contributed by atoms with E-state index >= 15 is 0 Å². The first-order valence-corrected chi connectivity index (χ1v) is 7.38. The van der Waals surface area contributed by atoms with Gasteiger partial charge in [0.25, 0.3) is 0 Å². The SMILES string of the molecule is Cc1cc(Br)c(NCC(O)c2cc(F)ccc2F)cc1Cl. The standard InChI is InChI=1S/C15H13BrClF2NO/c1-8-4-11(16)14(6-12(8)17)20-7-15(21)10-5-9(18)2-3-13(10)19/h2-6,15,20-21H,7H2,1H3. The smallest absolute Gasteiger partial charge is 0.129 e. The Balaban J connectivity index is 2.12. The molecule has 0 saturated carbocycles. The van der Waals surface area contributed by atoms with Gasteiger partial charge in [0.2, 0.25) is 0 Å². The van der Waals surface area contributed by atoms with Gasteiger partial charge in [-0.3, -0.25) is 0 Å². The van der Waals surface area contributed by atoms with Gasteiger partial charge < -0.3 is 10.4 Å². The minimum absolute atomic E-state index is 0.0262. The molecule has 0 radical (unpaired) electrons. The highest BCUT2D eigenvalue weighted by Crippen LogP contribution is 2.30. The largest absolute Gasteiger partial charge is 0.386 e. The Bertz CT molecular complexity index is 666. The van der Waals surface area contributed by atoms with E-state index in [9.17, 15) is 13.9 Å². The summed E-state index contributed by atoms with van der Waals surface area (Å²) in [7, 11) is 0. The van der Waals surface area contributed by atoms with E-state index in [1.807, 2.05) is 13.0 Å². The highest BCUT2D eigenvalue weighted by atomic mass is 79.9. The number of aliphatic hydroxyl groups is 1. The molecule has 0 saturated heterocycles. The van der Waals surface area contributed by atoms with Crippen molar-refractivity contribution in [1.82, 2.24) is 0 Å². The lowest BCUT2D eigenvalue weighted by Crippen LogP contribution is -2.14. The minimum atomic E-state index is -1.17. The zero-order valence-corrected chi connectivity index (χ0v) is 13.5. The third kappa shape index (κ3) is 3.93. The number of hydrogen-bond donors (Lipinski definition) is 2. The fourth-order valence-corrected chi connectivity index (χ4v) is 2.63. The molecule has 1 atom stereocenters. The Morgan fingerprint density at radius 2 is 2.00 bits per heavy atom. The second-order valence-electron chi connectivity index (χ2n) is 4.64. The van der Waals surface area contributed by atoms with E-state index in [1.54, 1.807) is 6.07 Å². The van der Waals surface area contributed by atoms with E-state index in [4.69, 9.17) is 11.6 Å². The fraction of sp³-hybridized carbons (Fsp3) is 0.200. The molecule has 2 aromatic rings. The van der Waals surface area contributed by atoms with Gasteiger partial charge in [-0.15, -0.1) is 0 Å². The van der Waals surface area contributed by atoms with Crippen LogP contribution in [0.2, 0.25) is 5.02 Å². The topological polar surface area (TPSA) is 32.3 Å². The monoisotopic (exact) mass is 375 g/mol. The molecule has 2 rings (SSSR count). The Kier molecular flexibility index (Phi) is 5.19. The fourth-order valence-electron chi connectivity index (χ4n) is 1.87. The highest BCUT2D eigenvalue weighted by Gasteiger charge is 2.14. The second kappa shape index (κ2) is 6.73. The van der Waals surface area contributed by atoms with Gasteiger partial charge >= 0.3 is 0 Å². The van der Waals surface area contributed by atoms with Crippen LogP contribution >= 0.6 is 27.5 Å². The maximum Gasteiger partial charge on any atom is 0.129 e. The summed E-state index contributed by atoms with van der Waals surface area (Å²) in [6.45, 7) is 1.90. The van der Waals surface area contributed by atoms with Crippen LogP contribution in [0.4, 0.5) is 14.5 Å². The van der Waals surface area contributed by atoms with Gasteiger partial charge in [0.1, 0.15) is 11.6 Å². The normalized spacial score (nSPS) is 12.3. The van der Waals surface area contributed by atoms with Crippen LogP contribution in [0.5, 0.6) is 0 Å². The zero-order valence-electron chi connectivity index (χ0n) is 11.1. The number of rotatable bonds is 4. The maximum absolute atomic E-state index is 13.6. The highest BCUT2D eigenvalue weighted by molar-refractivity contribution is 9.10. The first-order valence-electron chi connectivity index (χ1n) is 6.21. The lowest BCUT2D eigenvalue weighted by molar-refractivity contribution is 0.186. The van der Waals surface area contributed by atoms with E-state index in [-0.39, 0.29) is 12.1 Å². The average Bonchev–Trinajstić information content (AvgIpc) is 2.43. The molecule has 2 nitrogen and oxygen atoms in total. The first kappa shape index (κ1) is 16.2. The van der Waals surface area contributed by atoms with Crippen molar-refractivity contribution >= 4 is 33.2 Å². The molecule has 21 heavy (non-hydrogen) atoms. The Morgan fingerprint density at radius 1 is 1.29 bits per heavy atom. The Labute approximate surface area is 134 Å². The molecular formula is C15H13BrClF2NO. The van der Waals surface area contributed by atoms with Crippen molar-refractivity contribution in [3.63, 3.8) is 0 Å². The molecule has 0 aromatic heterocycles. The van der Waals surface area contributed by atoms with E-state index in [2.05, 4.69) is 21.2 Å². The summed E-state index contributed by atoms with van der Waals surface area (Å²) in [5.74, 6) is -1.24. The summed E-state index contributed by atoms with van der Waals surface area (Å²) in [6, 6.07) is 6.52. The molecule has 0 aliphatic carbocycles. The number of hydrogen-bond acceptors (Lipinski definition) is 2. The molecule has 6 heteroatoms. The summed E-state index contributed by atoms with van der Waals surface area (Å²) in [6.07, 6.45) is -1.17. The van der Waals surface area contributed by atoms with Gasteiger partial charge in [0.15, 0.2) is 0 Å². The summed E-state index contributed by atoms with van der Waals surface area (Å²) in [5.41, 5.74) is 1.49. The van der Waals surface area contributed by atoms with Crippen molar-refractivity contribution < 1.29 is 13.9 Å². The number of anilines is 1. The van der Waals surface area contributed by atoms with Crippen LogP contribution in [0.3, 0.4) is 0 Å². The second-order valence-corrected chi connectivity index (χ2v) is 5.91. The summed E-state index contributed by atoms with van der Waals surface area (Å²) in [4.78, 5) is 0. The van der Waals surface area contributed by atoms with E-state index in [0.717, 1.165) is 28.2 Å². The lowest BCUT2D eigenvalue weighted by atomic mass is 10.1. The molecule has 0 spiro atoms. The Hall–Kier alpha value is -1.17. The molecule has 112 valence electrons. The lowest BCUT2D eigenvalue weighted by Gasteiger charge is -2.15. The maximum atomic E-state index is 13.6. The van der Waals surface area contributed by atoms with Gasteiger partial charge in [-0.05, 0) is 58.7 Å². The van der Waals surface area contributed by atoms with Crippen molar-refractivity contribution in [2.45, 2.75) is 13.0 Å². The quantitative estimate of drug-likeness (QED) is 0.801. The van der Waals surface area contributed by atoms with E-state index < -0.39 is 17.7 Å². The van der Waals surface area contributed by atoms with Crippen LogP contribution in [0.1, 0.15) is 17.2 Å². The predicted molar refractivity (Wildman–Crippen MR) is 83.7 cm³/mol. The molecule has 0 heterocycles. The van der Waals surface area contributed by atoms with Crippen LogP contribution < -0.4 is 5.32 Å². The Morgan fingerprint density at radius 3 is 2.71 bits per heavy atom. The van der Waals surface area contributed by atoms with Crippen molar-refractivity contribution in [2.24, 2.45) is 0 Å². The van der Waals surface area contributed by atoms with Crippen LogP contribution in [-0.2, 0) is 0 Å². The average molecular weight is 377 g/mol. The molecule has 0 bridgehead atoms. The molecule has 2 aromatic carbocycles. The number of aliphatic hydroxyl groups excluding tert-OH is 1. The summed E-state index contributed by atoms with van der Waals surface area (Å²) >= 11 is 9.41. The van der Waals surface area contributed by atoms with Crippen LogP contribution in [0, 0.1) is 18.6 Å². The van der Waals surface area contributed by atoms with Crippen LogP contribution in [0.25, 0.3) is 0 Å². The predicted octanol–water partition coefficient (Wildman–Crippen LogP) is 4.83. The molecule has 0 fully saturated rings. The van der Waals surface area contributed by atoms with Gasteiger partial charge in [-0.25, -0.2) is 8.78 Å². The molecule has 1 unspecified atom stereocenters. The van der Waals surface area contributed by atoms with Crippen molar-refractivity contribution in [3.05, 3.63) is 62.6 Å². The number of halogens is 4. The van der Waals surface area contributed by atoms with Gasteiger partial charge in [-0.1, -0.05) is 11.6 Å². The minimum Gasteiger partial charge on any atom is -0.386 e.